The van der Waals surface area contributed by atoms with Gasteiger partial charge in [-0.1, -0.05) is 0 Å². The number of halogens is 1. The highest BCUT2D eigenvalue weighted by atomic mass is 19.1. The number of nitro groups is 1. The Morgan fingerprint density at radius 2 is 2.05 bits per heavy atom. The van der Waals surface area contributed by atoms with Crippen LogP contribution < -0.4 is 10.6 Å². The number of carboxylic acids is 1. The number of benzene rings is 1. The highest BCUT2D eigenvalue weighted by molar-refractivity contribution is 5.89. The van der Waals surface area contributed by atoms with Crippen LogP contribution in [0.2, 0.25) is 0 Å². The predicted molar refractivity (Wildman–Crippen MR) is 68.3 cm³/mol. The number of carbonyl (C=O) groups is 2. The molecule has 21 heavy (non-hydrogen) atoms. The Hall–Kier alpha value is -2.75. The molecule has 1 rings (SSSR count). The van der Waals surface area contributed by atoms with Gasteiger partial charge in [0.2, 0.25) is 0 Å². The van der Waals surface area contributed by atoms with Crippen LogP contribution in [0.4, 0.5) is 20.6 Å². The summed E-state index contributed by atoms with van der Waals surface area (Å²) in [6, 6.07) is 1.74. The number of hydrogen-bond donors (Lipinski definition) is 4. The van der Waals surface area contributed by atoms with Crippen molar-refractivity contribution in [1.29, 1.82) is 0 Å². The second-order valence-corrected chi connectivity index (χ2v) is 3.98. The molecular formula is C11H12FN3O6. The van der Waals surface area contributed by atoms with E-state index in [1.165, 1.54) is 0 Å². The van der Waals surface area contributed by atoms with Crippen molar-refractivity contribution in [2.24, 2.45) is 0 Å². The van der Waals surface area contributed by atoms with Crippen LogP contribution in [0.25, 0.3) is 0 Å². The summed E-state index contributed by atoms with van der Waals surface area (Å²) in [4.78, 5) is 31.5. The lowest BCUT2D eigenvalue weighted by atomic mass is 10.2. The molecule has 0 fully saturated rings. The van der Waals surface area contributed by atoms with E-state index in [9.17, 15) is 24.1 Å². The minimum Gasteiger partial charge on any atom is -0.479 e. The van der Waals surface area contributed by atoms with Gasteiger partial charge in [-0.2, -0.15) is 0 Å². The van der Waals surface area contributed by atoms with Crippen molar-refractivity contribution in [2.45, 2.75) is 12.5 Å². The molecule has 0 radical (unpaired) electrons. The molecule has 4 N–H and O–H groups in total. The second-order valence-electron chi connectivity index (χ2n) is 3.98. The van der Waals surface area contributed by atoms with Crippen LogP contribution in [-0.4, -0.2) is 39.8 Å². The van der Waals surface area contributed by atoms with Crippen molar-refractivity contribution in [3.8, 4) is 0 Å². The first-order valence-electron chi connectivity index (χ1n) is 5.70. The molecule has 1 atom stereocenters. The number of carbonyl (C=O) groups excluding carboxylic acids is 1. The van der Waals surface area contributed by atoms with Crippen LogP contribution in [0.15, 0.2) is 18.2 Å². The SMILES string of the molecule is O=C(NCC[C@H](O)C(=O)O)Nc1cc(F)cc([N+](=O)[O-])c1. The number of carboxylic acid groups (broad SMARTS) is 1. The smallest absolute Gasteiger partial charge is 0.332 e. The summed E-state index contributed by atoms with van der Waals surface area (Å²) in [5.74, 6) is -2.31. The maximum Gasteiger partial charge on any atom is 0.332 e. The normalized spacial score (nSPS) is 11.5. The van der Waals surface area contributed by atoms with Gasteiger partial charge in [-0.05, 0) is 6.07 Å². The number of amides is 2. The number of hydrogen-bond acceptors (Lipinski definition) is 5. The molecule has 10 heteroatoms. The van der Waals surface area contributed by atoms with Crippen molar-refractivity contribution < 1.29 is 29.1 Å². The summed E-state index contributed by atoms with van der Waals surface area (Å²) in [5, 5.41) is 32.3. The fraction of sp³-hybridized carbons (Fsp3) is 0.273. The zero-order valence-electron chi connectivity index (χ0n) is 10.6. The molecule has 114 valence electrons. The molecular weight excluding hydrogens is 289 g/mol. The number of aliphatic hydroxyl groups is 1. The van der Waals surface area contributed by atoms with Crippen LogP contribution in [0.1, 0.15) is 6.42 Å². The third-order valence-corrected chi connectivity index (χ3v) is 2.34. The minimum atomic E-state index is -1.61. The largest absolute Gasteiger partial charge is 0.479 e. The zero-order valence-corrected chi connectivity index (χ0v) is 10.6. The lowest BCUT2D eigenvalue weighted by Crippen LogP contribution is -2.33. The molecule has 0 aliphatic heterocycles. The van der Waals surface area contributed by atoms with Crippen LogP contribution in [0.3, 0.4) is 0 Å². The Labute approximate surface area is 117 Å². The third kappa shape index (κ3) is 5.40. The first-order chi connectivity index (χ1) is 9.79. The van der Waals surface area contributed by atoms with Gasteiger partial charge in [-0.15, -0.1) is 0 Å². The Morgan fingerprint density at radius 3 is 2.62 bits per heavy atom. The van der Waals surface area contributed by atoms with E-state index in [0.29, 0.717) is 6.07 Å². The number of anilines is 1. The predicted octanol–water partition coefficient (Wildman–Crippen LogP) is 0.691. The number of nitrogens with zero attached hydrogens (tertiary/aromatic N) is 1. The molecule has 0 aliphatic carbocycles. The number of aliphatic carboxylic acids is 1. The zero-order chi connectivity index (χ0) is 16.0. The Balaban J connectivity index is 2.55. The molecule has 0 saturated carbocycles. The molecule has 2 amide bonds. The van der Waals surface area contributed by atoms with Crippen molar-refractivity contribution in [3.63, 3.8) is 0 Å². The van der Waals surface area contributed by atoms with Gasteiger partial charge in [0.05, 0.1) is 16.7 Å². The monoisotopic (exact) mass is 301 g/mol. The van der Waals surface area contributed by atoms with Gasteiger partial charge >= 0.3 is 12.0 Å². The Bertz CT molecular complexity index is 565. The fourth-order valence-corrected chi connectivity index (χ4v) is 1.37. The average Bonchev–Trinajstić information content (AvgIpc) is 2.37. The van der Waals surface area contributed by atoms with Gasteiger partial charge in [0, 0.05) is 19.0 Å². The molecule has 1 aromatic rings. The molecule has 0 spiro atoms. The van der Waals surface area contributed by atoms with E-state index in [1.54, 1.807) is 0 Å². The van der Waals surface area contributed by atoms with Crippen LogP contribution in [-0.2, 0) is 4.79 Å². The summed E-state index contributed by atoms with van der Waals surface area (Å²) in [6.45, 7) is -0.142. The quantitative estimate of drug-likeness (QED) is 0.450. The summed E-state index contributed by atoms with van der Waals surface area (Å²) in [5.41, 5.74) is -0.649. The maximum atomic E-state index is 13.1. The van der Waals surface area contributed by atoms with Crippen molar-refractivity contribution in [3.05, 3.63) is 34.1 Å². The number of urea groups is 1. The summed E-state index contributed by atoms with van der Waals surface area (Å²) in [6.07, 6.45) is -1.83. The lowest BCUT2D eigenvalue weighted by molar-refractivity contribution is -0.385. The lowest BCUT2D eigenvalue weighted by Gasteiger charge is -2.09. The molecule has 1 aromatic carbocycles. The molecule has 0 unspecified atom stereocenters. The highest BCUT2D eigenvalue weighted by Crippen LogP contribution is 2.19. The van der Waals surface area contributed by atoms with E-state index in [4.69, 9.17) is 10.2 Å². The summed E-state index contributed by atoms with van der Waals surface area (Å²) >= 11 is 0. The fourth-order valence-electron chi connectivity index (χ4n) is 1.37. The van der Waals surface area contributed by atoms with E-state index >= 15 is 0 Å². The van der Waals surface area contributed by atoms with Crippen molar-refractivity contribution in [1.82, 2.24) is 5.32 Å². The summed E-state index contributed by atoms with van der Waals surface area (Å²) in [7, 11) is 0. The number of rotatable bonds is 6. The summed E-state index contributed by atoms with van der Waals surface area (Å²) < 4.78 is 13.1. The molecule has 0 bridgehead atoms. The van der Waals surface area contributed by atoms with Gasteiger partial charge in [0.15, 0.2) is 6.10 Å². The van der Waals surface area contributed by atoms with Gasteiger partial charge < -0.3 is 20.8 Å². The van der Waals surface area contributed by atoms with Gasteiger partial charge in [-0.25, -0.2) is 14.0 Å². The van der Waals surface area contributed by atoms with E-state index < -0.39 is 34.5 Å². The van der Waals surface area contributed by atoms with Crippen molar-refractivity contribution >= 4 is 23.4 Å². The first kappa shape index (κ1) is 16.3. The van der Waals surface area contributed by atoms with Crippen LogP contribution >= 0.6 is 0 Å². The van der Waals surface area contributed by atoms with Gasteiger partial charge in [-0.3, -0.25) is 10.1 Å². The van der Waals surface area contributed by atoms with E-state index in [1.807, 2.05) is 0 Å². The van der Waals surface area contributed by atoms with Gasteiger partial charge in [0.25, 0.3) is 5.69 Å². The third-order valence-electron chi connectivity index (χ3n) is 2.34. The van der Waals surface area contributed by atoms with Crippen molar-refractivity contribution in [2.75, 3.05) is 11.9 Å². The van der Waals surface area contributed by atoms with Gasteiger partial charge in [0.1, 0.15) is 5.82 Å². The second kappa shape index (κ2) is 7.14. The molecule has 0 saturated heterocycles. The average molecular weight is 301 g/mol. The van der Waals surface area contributed by atoms with E-state index in [0.717, 1.165) is 12.1 Å². The molecule has 0 aromatic heterocycles. The van der Waals surface area contributed by atoms with Crippen LogP contribution in [0, 0.1) is 15.9 Å². The molecule has 0 aliphatic rings. The van der Waals surface area contributed by atoms with E-state index in [-0.39, 0.29) is 18.7 Å². The molecule has 0 heterocycles. The molecule has 9 nitrogen and oxygen atoms in total. The highest BCUT2D eigenvalue weighted by Gasteiger charge is 2.14. The maximum absolute atomic E-state index is 13.1. The Morgan fingerprint density at radius 1 is 1.38 bits per heavy atom. The number of nitro benzene ring substituents is 1. The number of non-ortho nitro benzene ring substituents is 1. The topological polar surface area (TPSA) is 142 Å². The first-order valence-corrected chi connectivity index (χ1v) is 5.70. The standard InChI is InChI=1S/C11H12FN3O6/c12-6-3-7(5-8(4-6)15(20)21)14-11(19)13-2-1-9(16)10(17)18/h3-5,9,16H,1-2H2,(H,17,18)(H2,13,14,19)/t9-/m0/s1. The van der Waals surface area contributed by atoms with Crippen LogP contribution in [0.5, 0.6) is 0 Å². The number of aliphatic hydroxyl groups excluding tert-OH is 1. The Kier molecular flexibility index (Phi) is 5.55. The van der Waals surface area contributed by atoms with E-state index in [2.05, 4.69) is 10.6 Å². The minimum absolute atomic E-state index is 0.127. The number of nitrogens with one attached hydrogen (secondary N) is 2.